The predicted octanol–water partition coefficient (Wildman–Crippen LogP) is 4.13. The van der Waals surface area contributed by atoms with Crippen LogP contribution in [0.5, 0.6) is 0 Å². The molecule has 0 radical (unpaired) electrons. The molecule has 0 aliphatic heterocycles. The van der Waals surface area contributed by atoms with Gasteiger partial charge >= 0.3 is 0 Å². The molecular formula is C15H17F3O. The van der Waals surface area contributed by atoms with E-state index in [2.05, 4.69) is 6.08 Å². The SMILES string of the molecule is CC1=CC(C)CC(C(O)c2ccc(F)c(F)c2F)C1. The van der Waals surface area contributed by atoms with E-state index in [0.29, 0.717) is 18.8 Å². The van der Waals surface area contributed by atoms with Crippen molar-refractivity contribution in [1.29, 1.82) is 0 Å². The Bertz CT molecular complexity index is 510. The van der Waals surface area contributed by atoms with Crippen LogP contribution in [0.3, 0.4) is 0 Å². The molecule has 0 fully saturated rings. The smallest absolute Gasteiger partial charge is 0.194 e. The number of halogens is 3. The minimum atomic E-state index is -1.52. The molecule has 0 heterocycles. The Balaban J connectivity index is 2.28. The lowest BCUT2D eigenvalue weighted by Gasteiger charge is -2.29. The summed E-state index contributed by atoms with van der Waals surface area (Å²) in [6, 6.07) is 1.97. The van der Waals surface area contributed by atoms with Gasteiger partial charge in [-0.3, -0.25) is 0 Å². The highest BCUT2D eigenvalue weighted by Crippen LogP contribution is 2.37. The van der Waals surface area contributed by atoms with Gasteiger partial charge in [0, 0.05) is 5.56 Å². The lowest BCUT2D eigenvalue weighted by molar-refractivity contribution is 0.0889. The molecule has 4 heteroatoms. The fourth-order valence-corrected chi connectivity index (χ4v) is 2.86. The third-order valence-electron chi connectivity index (χ3n) is 3.66. The normalized spacial score (nSPS) is 25.1. The van der Waals surface area contributed by atoms with Crippen LogP contribution >= 0.6 is 0 Å². The summed E-state index contributed by atoms with van der Waals surface area (Å²) in [7, 11) is 0. The zero-order valence-corrected chi connectivity index (χ0v) is 11.0. The van der Waals surface area contributed by atoms with E-state index >= 15 is 0 Å². The molecule has 1 aromatic carbocycles. The zero-order valence-electron chi connectivity index (χ0n) is 11.0. The molecule has 0 saturated heterocycles. The van der Waals surface area contributed by atoms with Crippen LogP contribution in [0.4, 0.5) is 13.2 Å². The van der Waals surface area contributed by atoms with Gasteiger partial charge in [-0.25, -0.2) is 13.2 Å². The van der Waals surface area contributed by atoms with Crippen LogP contribution in [0.2, 0.25) is 0 Å². The van der Waals surface area contributed by atoms with Crippen molar-refractivity contribution in [2.45, 2.75) is 32.8 Å². The summed E-state index contributed by atoms with van der Waals surface area (Å²) < 4.78 is 39.8. The van der Waals surface area contributed by atoms with E-state index in [4.69, 9.17) is 0 Å². The number of rotatable bonds is 2. The molecule has 0 aromatic heterocycles. The highest BCUT2D eigenvalue weighted by Gasteiger charge is 2.29. The van der Waals surface area contributed by atoms with Gasteiger partial charge in [0.15, 0.2) is 17.5 Å². The molecule has 104 valence electrons. The number of hydrogen-bond acceptors (Lipinski definition) is 1. The molecule has 0 saturated carbocycles. The van der Waals surface area contributed by atoms with E-state index in [0.717, 1.165) is 17.7 Å². The predicted molar refractivity (Wildman–Crippen MR) is 66.9 cm³/mol. The van der Waals surface area contributed by atoms with Gasteiger partial charge in [0.25, 0.3) is 0 Å². The molecule has 1 N–H and O–H groups in total. The van der Waals surface area contributed by atoms with Crippen LogP contribution < -0.4 is 0 Å². The summed E-state index contributed by atoms with van der Waals surface area (Å²) in [5.41, 5.74) is 0.969. The Labute approximate surface area is 110 Å². The van der Waals surface area contributed by atoms with E-state index in [-0.39, 0.29) is 11.5 Å². The quantitative estimate of drug-likeness (QED) is 0.633. The Hall–Kier alpha value is -1.29. The molecule has 3 unspecified atom stereocenters. The fraction of sp³-hybridized carbons (Fsp3) is 0.467. The molecule has 1 nitrogen and oxygen atoms in total. The summed E-state index contributed by atoms with van der Waals surface area (Å²) in [6.07, 6.45) is 2.35. The Morgan fingerprint density at radius 2 is 1.89 bits per heavy atom. The first kappa shape index (κ1) is 14.1. The van der Waals surface area contributed by atoms with Gasteiger partial charge in [-0.05, 0) is 37.7 Å². The molecular weight excluding hydrogens is 253 g/mol. The number of benzene rings is 1. The van der Waals surface area contributed by atoms with E-state index in [1.54, 1.807) is 0 Å². The van der Waals surface area contributed by atoms with E-state index < -0.39 is 23.6 Å². The maximum Gasteiger partial charge on any atom is 0.194 e. The number of aliphatic hydroxyl groups is 1. The Morgan fingerprint density at radius 1 is 1.21 bits per heavy atom. The second-order valence-corrected chi connectivity index (χ2v) is 5.40. The van der Waals surface area contributed by atoms with Crippen LogP contribution in [0.15, 0.2) is 23.8 Å². The summed E-state index contributed by atoms with van der Waals surface area (Å²) in [5, 5.41) is 10.2. The molecule has 0 amide bonds. The molecule has 19 heavy (non-hydrogen) atoms. The lowest BCUT2D eigenvalue weighted by atomic mass is 9.79. The van der Waals surface area contributed by atoms with Gasteiger partial charge in [0.2, 0.25) is 0 Å². The average molecular weight is 270 g/mol. The fourth-order valence-electron chi connectivity index (χ4n) is 2.86. The van der Waals surface area contributed by atoms with Gasteiger partial charge in [0.1, 0.15) is 0 Å². The van der Waals surface area contributed by atoms with Crippen LogP contribution in [0.1, 0.15) is 38.4 Å². The van der Waals surface area contributed by atoms with Gasteiger partial charge in [0.05, 0.1) is 6.10 Å². The van der Waals surface area contributed by atoms with Crippen molar-refractivity contribution in [3.63, 3.8) is 0 Å². The van der Waals surface area contributed by atoms with Crippen LogP contribution in [0, 0.1) is 29.3 Å². The number of allylic oxidation sites excluding steroid dienone is 2. The standard InChI is InChI=1S/C15H17F3O/c1-8-5-9(2)7-10(6-8)15(19)11-3-4-12(16)14(18)13(11)17/h3-5,8,10,15,19H,6-7H2,1-2H3. The average Bonchev–Trinajstić information content (AvgIpc) is 2.34. The monoisotopic (exact) mass is 270 g/mol. The van der Waals surface area contributed by atoms with Gasteiger partial charge in [-0.2, -0.15) is 0 Å². The minimum Gasteiger partial charge on any atom is -0.388 e. The Kier molecular flexibility index (Phi) is 3.99. The van der Waals surface area contributed by atoms with Gasteiger partial charge in [-0.15, -0.1) is 0 Å². The van der Waals surface area contributed by atoms with Crippen molar-refractivity contribution >= 4 is 0 Å². The van der Waals surface area contributed by atoms with Crippen molar-refractivity contribution in [2.24, 2.45) is 11.8 Å². The molecule has 0 bridgehead atoms. The molecule has 1 aromatic rings. The van der Waals surface area contributed by atoms with E-state index in [1.807, 2.05) is 13.8 Å². The molecule has 3 atom stereocenters. The van der Waals surface area contributed by atoms with Crippen molar-refractivity contribution in [2.75, 3.05) is 0 Å². The maximum absolute atomic E-state index is 13.7. The molecule has 1 aliphatic carbocycles. The maximum atomic E-state index is 13.7. The van der Waals surface area contributed by atoms with Crippen molar-refractivity contribution in [3.05, 3.63) is 46.8 Å². The lowest BCUT2D eigenvalue weighted by Crippen LogP contribution is -2.20. The number of hydrogen-bond donors (Lipinski definition) is 1. The summed E-state index contributed by atoms with van der Waals surface area (Å²) in [6.45, 7) is 3.97. The Morgan fingerprint density at radius 3 is 2.53 bits per heavy atom. The largest absolute Gasteiger partial charge is 0.388 e. The van der Waals surface area contributed by atoms with Crippen LogP contribution in [0.25, 0.3) is 0 Å². The van der Waals surface area contributed by atoms with Gasteiger partial charge in [-0.1, -0.05) is 24.6 Å². The van der Waals surface area contributed by atoms with Crippen molar-refractivity contribution in [1.82, 2.24) is 0 Å². The van der Waals surface area contributed by atoms with E-state index in [1.165, 1.54) is 0 Å². The van der Waals surface area contributed by atoms with Gasteiger partial charge < -0.3 is 5.11 Å². The second kappa shape index (κ2) is 5.37. The highest BCUT2D eigenvalue weighted by molar-refractivity contribution is 5.24. The van der Waals surface area contributed by atoms with E-state index in [9.17, 15) is 18.3 Å². The first-order chi connectivity index (χ1) is 8.90. The first-order valence-electron chi connectivity index (χ1n) is 6.39. The highest BCUT2D eigenvalue weighted by atomic mass is 19.2. The number of aliphatic hydroxyl groups excluding tert-OH is 1. The zero-order chi connectivity index (χ0) is 14.2. The minimum absolute atomic E-state index is 0.161. The molecule has 0 spiro atoms. The van der Waals surface area contributed by atoms with Crippen LogP contribution in [-0.2, 0) is 0 Å². The first-order valence-corrected chi connectivity index (χ1v) is 6.39. The topological polar surface area (TPSA) is 20.2 Å². The summed E-state index contributed by atoms with van der Waals surface area (Å²) >= 11 is 0. The summed E-state index contributed by atoms with van der Waals surface area (Å²) in [4.78, 5) is 0. The van der Waals surface area contributed by atoms with Crippen molar-refractivity contribution in [3.8, 4) is 0 Å². The molecule has 2 rings (SSSR count). The molecule has 1 aliphatic rings. The second-order valence-electron chi connectivity index (χ2n) is 5.40. The third kappa shape index (κ3) is 2.84. The van der Waals surface area contributed by atoms with Crippen molar-refractivity contribution < 1.29 is 18.3 Å². The van der Waals surface area contributed by atoms with Crippen LogP contribution in [-0.4, -0.2) is 5.11 Å². The summed E-state index contributed by atoms with van der Waals surface area (Å²) in [5.74, 6) is -3.91. The third-order valence-corrected chi connectivity index (χ3v) is 3.66.